The van der Waals surface area contributed by atoms with Crippen LogP contribution in [0.2, 0.25) is 0 Å². The van der Waals surface area contributed by atoms with E-state index in [4.69, 9.17) is 5.73 Å². The Morgan fingerprint density at radius 3 is 2.95 bits per heavy atom. The van der Waals surface area contributed by atoms with Crippen LogP contribution in [0, 0.1) is 0 Å². The van der Waals surface area contributed by atoms with Crippen molar-refractivity contribution in [3.05, 3.63) is 52.2 Å². The number of thiophene rings is 1. The normalized spacial score (nSPS) is 19.1. The van der Waals surface area contributed by atoms with Gasteiger partial charge in [0.25, 0.3) is 0 Å². The van der Waals surface area contributed by atoms with Crippen molar-refractivity contribution in [3.8, 4) is 0 Å². The van der Waals surface area contributed by atoms with Crippen LogP contribution in [0.25, 0.3) is 0 Å². The van der Waals surface area contributed by atoms with E-state index >= 15 is 0 Å². The Bertz CT molecular complexity index is 598. The van der Waals surface area contributed by atoms with E-state index in [2.05, 4.69) is 17.4 Å². The van der Waals surface area contributed by atoms with Gasteiger partial charge < -0.3 is 11.1 Å². The molecule has 1 aromatic heterocycles. The van der Waals surface area contributed by atoms with Gasteiger partial charge in [-0.2, -0.15) is 0 Å². The SMILES string of the molecule is NC(C(=O)NC1CCSc2ccccc21)c1cccs1. The summed E-state index contributed by atoms with van der Waals surface area (Å²) in [6, 6.07) is 11.6. The Hall–Kier alpha value is -1.30. The van der Waals surface area contributed by atoms with Crippen LogP contribution in [0.15, 0.2) is 46.7 Å². The highest BCUT2D eigenvalue weighted by molar-refractivity contribution is 7.99. The van der Waals surface area contributed by atoms with Crippen molar-refractivity contribution in [2.75, 3.05) is 5.75 Å². The molecule has 1 aliphatic heterocycles. The summed E-state index contributed by atoms with van der Waals surface area (Å²) in [6.07, 6.45) is 0.949. The molecule has 0 saturated carbocycles. The fraction of sp³-hybridized carbons (Fsp3) is 0.267. The maximum absolute atomic E-state index is 12.3. The number of rotatable bonds is 3. The number of amides is 1. The zero-order chi connectivity index (χ0) is 13.9. The first-order chi connectivity index (χ1) is 9.75. The molecule has 3 rings (SSSR count). The van der Waals surface area contributed by atoms with Crippen molar-refractivity contribution in [1.29, 1.82) is 0 Å². The second-order valence-corrected chi connectivity index (χ2v) is 6.85. The van der Waals surface area contributed by atoms with Gasteiger partial charge >= 0.3 is 0 Å². The minimum absolute atomic E-state index is 0.0750. The summed E-state index contributed by atoms with van der Waals surface area (Å²) in [5.41, 5.74) is 7.22. The van der Waals surface area contributed by atoms with E-state index in [-0.39, 0.29) is 11.9 Å². The first kappa shape index (κ1) is 13.7. The molecular weight excluding hydrogens is 288 g/mol. The number of nitrogens with two attached hydrogens (primary N) is 1. The van der Waals surface area contributed by atoms with Crippen molar-refractivity contribution in [2.24, 2.45) is 5.73 Å². The monoisotopic (exact) mass is 304 g/mol. The smallest absolute Gasteiger partial charge is 0.242 e. The van der Waals surface area contributed by atoms with Crippen molar-refractivity contribution in [1.82, 2.24) is 5.32 Å². The van der Waals surface area contributed by atoms with Gasteiger partial charge in [-0.3, -0.25) is 4.79 Å². The van der Waals surface area contributed by atoms with Crippen molar-refractivity contribution in [2.45, 2.75) is 23.4 Å². The minimum atomic E-state index is -0.572. The van der Waals surface area contributed by atoms with E-state index in [1.807, 2.05) is 41.4 Å². The largest absolute Gasteiger partial charge is 0.348 e. The number of carbonyl (C=O) groups is 1. The molecular formula is C15H16N2OS2. The average Bonchev–Trinajstić information content (AvgIpc) is 3.01. The Morgan fingerprint density at radius 1 is 1.30 bits per heavy atom. The molecule has 1 aliphatic rings. The van der Waals surface area contributed by atoms with E-state index < -0.39 is 6.04 Å². The van der Waals surface area contributed by atoms with Gasteiger partial charge in [0.05, 0.1) is 6.04 Å². The Kier molecular flexibility index (Phi) is 4.10. The highest BCUT2D eigenvalue weighted by atomic mass is 32.2. The highest BCUT2D eigenvalue weighted by Gasteiger charge is 2.25. The summed E-state index contributed by atoms with van der Waals surface area (Å²) in [6.45, 7) is 0. The quantitative estimate of drug-likeness (QED) is 0.916. The zero-order valence-electron chi connectivity index (χ0n) is 10.9. The Morgan fingerprint density at radius 2 is 2.15 bits per heavy atom. The van der Waals surface area contributed by atoms with Crippen molar-refractivity contribution < 1.29 is 4.79 Å². The van der Waals surface area contributed by atoms with Crippen molar-refractivity contribution >= 4 is 29.0 Å². The lowest BCUT2D eigenvalue weighted by molar-refractivity contribution is -0.123. The van der Waals surface area contributed by atoms with Gasteiger partial charge in [-0.05, 0) is 29.5 Å². The number of hydrogen-bond acceptors (Lipinski definition) is 4. The van der Waals surface area contributed by atoms with E-state index in [1.165, 1.54) is 21.8 Å². The lowest BCUT2D eigenvalue weighted by Gasteiger charge is -2.26. The minimum Gasteiger partial charge on any atom is -0.348 e. The molecule has 0 saturated heterocycles. The third kappa shape index (κ3) is 2.75. The summed E-state index contributed by atoms with van der Waals surface area (Å²) in [7, 11) is 0. The zero-order valence-corrected chi connectivity index (χ0v) is 12.5. The molecule has 1 amide bonds. The first-order valence-electron chi connectivity index (χ1n) is 6.57. The van der Waals surface area contributed by atoms with E-state index in [0.717, 1.165) is 17.1 Å². The molecule has 0 fully saturated rings. The van der Waals surface area contributed by atoms with Crippen molar-refractivity contribution in [3.63, 3.8) is 0 Å². The Labute approximate surface area is 126 Å². The third-order valence-electron chi connectivity index (χ3n) is 3.41. The fourth-order valence-corrected chi connectivity index (χ4v) is 4.20. The Balaban J connectivity index is 1.74. The van der Waals surface area contributed by atoms with Crippen LogP contribution in [0.5, 0.6) is 0 Å². The maximum atomic E-state index is 12.3. The van der Waals surface area contributed by atoms with Crippen LogP contribution in [0.1, 0.15) is 28.9 Å². The average molecular weight is 304 g/mol. The molecule has 0 spiro atoms. The summed E-state index contributed by atoms with van der Waals surface area (Å²) in [5.74, 6) is 0.926. The van der Waals surface area contributed by atoms with Crippen LogP contribution >= 0.6 is 23.1 Å². The molecule has 5 heteroatoms. The topological polar surface area (TPSA) is 55.1 Å². The molecule has 3 N–H and O–H groups in total. The van der Waals surface area contributed by atoms with Gasteiger partial charge in [-0.1, -0.05) is 24.3 Å². The van der Waals surface area contributed by atoms with E-state index in [9.17, 15) is 4.79 Å². The van der Waals surface area contributed by atoms with Gasteiger partial charge in [0.15, 0.2) is 0 Å². The first-order valence-corrected chi connectivity index (χ1v) is 8.43. The standard InChI is InChI=1S/C15H16N2OS2/c16-14(13-6-3-8-19-13)15(18)17-11-7-9-20-12-5-2-1-4-10(11)12/h1-6,8,11,14H,7,9,16H2,(H,17,18). The van der Waals surface area contributed by atoms with Crippen LogP contribution in [-0.4, -0.2) is 11.7 Å². The van der Waals surface area contributed by atoms with Crippen LogP contribution in [-0.2, 0) is 4.79 Å². The van der Waals surface area contributed by atoms with Gasteiger partial charge in [0, 0.05) is 15.5 Å². The summed E-state index contributed by atoms with van der Waals surface area (Å²) in [4.78, 5) is 14.4. The summed E-state index contributed by atoms with van der Waals surface area (Å²) in [5, 5.41) is 5.03. The molecule has 0 aliphatic carbocycles. The molecule has 2 heterocycles. The molecule has 2 aromatic rings. The van der Waals surface area contributed by atoms with Gasteiger partial charge in [0.1, 0.15) is 6.04 Å². The predicted molar refractivity (Wildman–Crippen MR) is 83.9 cm³/mol. The number of nitrogens with one attached hydrogen (secondary N) is 1. The molecule has 20 heavy (non-hydrogen) atoms. The second-order valence-electron chi connectivity index (χ2n) is 4.73. The molecule has 3 nitrogen and oxygen atoms in total. The third-order valence-corrected chi connectivity index (χ3v) is 5.49. The van der Waals surface area contributed by atoms with Gasteiger partial charge in [0.2, 0.25) is 5.91 Å². The number of fused-ring (bicyclic) bond motifs is 1. The molecule has 1 aromatic carbocycles. The summed E-state index contributed by atoms with van der Waals surface area (Å²) >= 11 is 3.36. The lowest BCUT2D eigenvalue weighted by atomic mass is 10.0. The number of hydrogen-bond donors (Lipinski definition) is 2. The number of thioether (sulfide) groups is 1. The second kappa shape index (κ2) is 5.99. The lowest BCUT2D eigenvalue weighted by Crippen LogP contribution is -2.37. The van der Waals surface area contributed by atoms with Crippen LogP contribution < -0.4 is 11.1 Å². The molecule has 2 unspecified atom stereocenters. The van der Waals surface area contributed by atoms with E-state index in [0.29, 0.717) is 0 Å². The number of carbonyl (C=O) groups excluding carboxylic acids is 1. The molecule has 2 atom stereocenters. The molecule has 0 bridgehead atoms. The predicted octanol–water partition coefficient (Wildman–Crippen LogP) is 3.10. The number of benzene rings is 1. The van der Waals surface area contributed by atoms with E-state index in [1.54, 1.807) is 0 Å². The summed E-state index contributed by atoms with van der Waals surface area (Å²) < 4.78 is 0. The van der Waals surface area contributed by atoms with Gasteiger partial charge in [-0.25, -0.2) is 0 Å². The maximum Gasteiger partial charge on any atom is 0.242 e. The fourth-order valence-electron chi connectivity index (χ4n) is 2.35. The van der Waals surface area contributed by atoms with Crippen LogP contribution in [0.4, 0.5) is 0 Å². The molecule has 0 radical (unpaired) electrons. The molecule has 104 valence electrons. The van der Waals surface area contributed by atoms with Crippen LogP contribution in [0.3, 0.4) is 0 Å². The van der Waals surface area contributed by atoms with Gasteiger partial charge in [-0.15, -0.1) is 23.1 Å². The highest BCUT2D eigenvalue weighted by Crippen LogP contribution is 2.36.